The van der Waals surface area contributed by atoms with Crippen LogP contribution in [0.2, 0.25) is 0 Å². The molecular formula is C29H44O12. The van der Waals surface area contributed by atoms with Crippen LogP contribution in [0, 0.1) is 28.6 Å². The number of fused-ring (bicyclic) bond motifs is 5. The van der Waals surface area contributed by atoms with Gasteiger partial charge in [-0.2, -0.15) is 0 Å². The Morgan fingerprint density at radius 2 is 1.76 bits per heavy atom. The highest BCUT2D eigenvalue weighted by Crippen LogP contribution is 2.70. The molecule has 12 heteroatoms. The van der Waals surface area contributed by atoms with Gasteiger partial charge < -0.3 is 55.1 Å². The van der Waals surface area contributed by atoms with Crippen LogP contribution in [0.5, 0.6) is 0 Å². The molecule has 4 saturated carbocycles. The first-order valence-electron chi connectivity index (χ1n) is 14.9. The van der Waals surface area contributed by atoms with Crippen LogP contribution < -0.4 is 0 Å². The zero-order valence-corrected chi connectivity index (χ0v) is 23.5. The summed E-state index contributed by atoms with van der Waals surface area (Å²) in [7, 11) is 0. The van der Waals surface area contributed by atoms with Crippen LogP contribution in [0.15, 0.2) is 11.6 Å². The molecule has 6 aliphatic rings. The summed E-state index contributed by atoms with van der Waals surface area (Å²) in [5.41, 5.74) is -4.46. The summed E-state index contributed by atoms with van der Waals surface area (Å²) in [6.45, 7) is 3.00. The molecule has 41 heavy (non-hydrogen) atoms. The molecule has 1 saturated heterocycles. The highest BCUT2D eigenvalue weighted by atomic mass is 16.7. The Morgan fingerprint density at radius 3 is 2.41 bits per heavy atom. The molecule has 0 radical (unpaired) electrons. The molecule has 15 atom stereocenters. The van der Waals surface area contributed by atoms with E-state index in [1.807, 2.05) is 6.92 Å². The lowest BCUT2D eigenvalue weighted by Crippen LogP contribution is -2.76. The van der Waals surface area contributed by atoms with Crippen LogP contribution in [0.25, 0.3) is 0 Å². The number of aliphatic hydroxyl groups is 8. The van der Waals surface area contributed by atoms with Crippen molar-refractivity contribution in [3.8, 4) is 0 Å². The molecule has 0 spiro atoms. The predicted molar refractivity (Wildman–Crippen MR) is 139 cm³/mol. The second-order valence-electron chi connectivity index (χ2n) is 13.8. The van der Waals surface area contributed by atoms with Gasteiger partial charge in [0, 0.05) is 30.3 Å². The van der Waals surface area contributed by atoms with Gasteiger partial charge in [-0.15, -0.1) is 0 Å². The zero-order valence-electron chi connectivity index (χ0n) is 23.5. The minimum absolute atomic E-state index is 0.0369. The van der Waals surface area contributed by atoms with Gasteiger partial charge in [0.15, 0.2) is 6.29 Å². The summed E-state index contributed by atoms with van der Waals surface area (Å²) in [4.78, 5) is 11.8. The van der Waals surface area contributed by atoms with Gasteiger partial charge in [-0.1, -0.05) is 6.92 Å². The van der Waals surface area contributed by atoms with Crippen molar-refractivity contribution < 1.29 is 59.9 Å². The molecule has 2 heterocycles. The fourth-order valence-electron chi connectivity index (χ4n) is 10.1. The van der Waals surface area contributed by atoms with Crippen LogP contribution in [0.3, 0.4) is 0 Å². The number of cyclic esters (lactones) is 1. The standard InChI is InChI=1S/C29H44O12/c1-13-22(34)23(35)24(36)25(40-13)41-15-8-19(32)28(12-30)21-17(3-5-27(28,37)9-15)29(38)6-4-16(14-7-20(33)39-11-14)26(29,2)10-18(21)31/h7,13,15-19,21-25,30-32,34-38H,3-6,8-12H2,1-2H3/t13?,15-,16+,17+,18+,19+,21+,22-,23?,24?,25-,26+,27-,28+,29-/m0/s1. The fraction of sp³-hybridized carbons (Fsp3) is 0.897. The van der Waals surface area contributed by atoms with E-state index >= 15 is 0 Å². The summed E-state index contributed by atoms with van der Waals surface area (Å²) in [6.07, 6.45) is -6.68. The summed E-state index contributed by atoms with van der Waals surface area (Å²) in [5.74, 6) is -1.93. The first kappa shape index (κ1) is 29.9. The Morgan fingerprint density at radius 1 is 1.02 bits per heavy atom. The number of esters is 1. The monoisotopic (exact) mass is 584 g/mol. The van der Waals surface area contributed by atoms with Crippen molar-refractivity contribution in [3.63, 3.8) is 0 Å². The van der Waals surface area contributed by atoms with Gasteiger partial charge in [-0.3, -0.25) is 0 Å². The lowest BCUT2D eigenvalue weighted by atomic mass is 9.40. The highest BCUT2D eigenvalue weighted by molar-refractivity contribution is 5.85. The molecule has 6 rings (SSSR count). The summed E-state index contributed by atoms with van der Waals surface area (Å²) >= 11 is 0. The van der Waals surface area contributed by atoms with Crippen LogP contribution in [-0.4, -0.2) is 120 Å². The number of carbonyl (C=O) groups excluding carboxylic acids is 1. The molecule has 3 unspecified atom stereocenters. The van der Waals surface area contributed by atoms with E-state index in [0.29, 0.717) is 19.3 Å². The van der Waals surface area contributed by atoms with Crippen molar-refractivity contribution >= 4 is 5.97 Å². The van der Waals surface area contributed by atoms with Gasteiger partial charge in [0.2, 0.25) is 0 Å². The van der Waals surface area contributed by atoms with Gasteiger partial charge in [-0.05, 0) is 56.4 Å². The van der Waals surface area contributed by atoms with Crippen LogP contribution in [-0.2, 0) is 19.0 Å². The Hall–Kier alpha value is -1.19. The second-order valence-corrected chi connectivity index (χ2v) is 13.8. The summed E-state index contributed by atoms with van der Waals surface area (Å²) < 4.78 is 16.7. The van der Waals surface area contributed by atoms with Gasteiger partial charge in [0.1, 0.15) is 24.9 Å². The molecule has 0 aromatic rings. The number of ether oxygens (including phenoxy) is 3. The first-order chi connectivity index (χ1) is 19.2. The molecule has 12 nitrogen and oxygen atoms in total. The normalized spacial score (nSPS) is 56.9. The van der Waals surface area contributed by atoms with Crippen LogP contribution in [0.4, 0.5) is 0 Å². The maximum Gasteiger partial charge on any atom is 0.331 e. The lowest BCUT2D eigenvalue weighted by Gasteiger charge is -2.68. The van der Waals surface area contributed by atoms with Crippen molar-refractivity contribution in [1.29, 1.82) is 0 Å². The molecule has 0 aromatic heterocycles. The van der Waals surface area contributed by atoms with Crippen molar-refractivity contribution in [2.45, 2.75) is 119 Å². The zero-order chi connectivity index (χ0) is 29.7. The van der Waals surface area contributed by atoms with E-state index in [1.165, 1.54) is 13.0 Å². The molecule has 232 valence electrons. The quantitative estimate of drug-likeness (QED) is 0.140. The largest absolute Gasteiger partial charge is 0.458 e. The molecular weight excluding hydrogens is 540 g/mol. The van der Waals surface area contributed by atoms with Crippen molar-refractivity contribution in [2.75, 3.05) is 13.2 Å². The number of rotatable bonds is 4. The Balaban J connectivity index is 1.28. The van der Waals surface area contributed by atoms with E-state index in [-0.39, 0.29) is 38.2 Å². The maximum atomic E-state index is 12.4. The third-order valence-corrected chi connectivity index (χ3v) is 12.2. The van der Waals surface area contributed by atoms with Crippen molar-refractivity contribution in [2.24, 2.45) is 28.6 Å². The Labute approximate surface area is 238 Å². The maximum absolute atomic E-state index is 12.4. The second kappa shape index (κ2) is 9.91. The van der Waals surface area contributed by atoms with Gasteiger partial charge in [0.05, 0.1) is 47.6 Å². The van der Waals surface area contributed by atoms with Gasteiger partial charge >= 0.3 is 5.97 Å². The molecule has 5 fully saturated rings. The summed E-state index contributed by atoms with van der Waals surface area (Å²) in [5, 5.41) is 89.6. The average molecular weight is 585 g/mol. The van der Waals surface area contributed by atoms with E-state index in [0.717, 1.165) is 5.57 Å². The van der Waals surface area contributed by atoms with E-state index < -0.39 is 95.5 Å². The fourth-order valence-corrected chi connectivity index (χ4v) is 10.1. The van der Waals surface area contributed by atoms with Crippen molar-refractivity contribution in [1.82, 2.24) is 0 Å². The molecule has 0 amide bonds. The molecule has 0 aromatic carbocycles. The molecule has 0 bridgehead atoms. The lowest BCUT2D eigenvalue weighted by molar-refractivity contribution is -0.342. The molecule has 4 aliphatic carbocycles. The van der Waals surface area contributed by atoms with E-state index in [4.69, 9.17) is 14.2 Å². The predicted octanol–water partition coefficient (Wildman–Crippen LogP) is -1.51. The third kappa shape index (κ3) is 3.99. The minimum Gasteiger partial charge on any atom is -0.458 e. The minimum atomic E-state index is -1.67. The number of carbonyl (C=O) groups is 1. The number of aliphatic hydroxyl groups excluding tert-OH is 6. The smallest absolute Gasteiger partial charge is 0.331 e. The number of hydrogen-bond acceptors (Lipinski definition) is 12. The SMILES string of the molecule is CC1O[C@@H](O[C@H]2C[C@@H](O)[C@]3(CO)[C@H]4[C@H](O)C[C@]5(C)[C@@H](C6=CC(=O)OC6)CC[C@]5(O)[C@@H]4CC[C@]3(O)C2)C(O)C(O)[C@H]1O. The first-order valence-corrected chi connectivity index (χ1v) is 14.9. The van der Waals surface area contributed by atoms with E-state index in [9.17, 15) is 45.6 Å². The highest BCUT2D eigenvalue weighted by Gasteiger charge is 2.75. The molecule has 8 N–H and O–H groups in total. The van der Waals surface area contributed by atoms with Crippen LogP contribution in [0.1, 0.15) is 58.8 Å². The Kier molecular flexibility index (Phi) is 7.22. The van der Waals surface area contributed by atoms with Gasteiger partial charge in [0.25, 0.3) is 0 Å². The molecule has 2 aliphatic heterocycles. The van der Waals surface area contributed by atoms with Crippen LogP contribution >= 0.6 is 0 Å². The summed E-state index contributed by atoms with van der Waals surface area (Å²) in [6, 6.07) is 0. The average Bonchev–Trinajstić information content (AvgIpc) is 3.45. The van der Waals surface area contributed by atoms with Crippen molar-refractivity contribution in [3.05, 3.63) is 11.6 Å². The number of hydrogen-bond donors (Lipinski definition) is 8. The Bertz CT molecular complexity index is 1080. The van der Waals surface area contributed by atoms with E-state index in [1.54, 1.807) is 0 Å². The van der Waals surface area contributed by atoms with Gasteiger partial charge in [-0.25, -0.2) is 4.79 Å². The third-order valence-electron chi connectivity index (χ3n) is 12.2. The topological polar surface area (TPSA) is 207 Å². The van der Waals surface area contributed by atoms with E-state index in [2.05, 4.69) is 0 Å².